The minimum atomic E-state index is -5.12. The van der Waals surface area contributed by atoms with Gasteiger partial charge in [-0.2, -0.15) is 16.8 Å². The minimum Gasteiger partial charge on any atom is -0.506 e. The number of phenols is 2. The molecule has 0 radical (unpaired) electrons. The molecule has 0 aliphatic heterocycles. The lowest BCUT2D eigenvalue weighted by molar-refractivity contribution is -0.147. The van der Waals surface area contributed by atoms with Crippen LogP contribution >= 0.6 is 0 Å². The monoisotopic (exact) mass is 698 g/mol. The first-order valence-corrected chi connectivity index (χ1v) is 15.1. The number of carboxylic acids is 4. The number of ether oxygens (including phenoxy) is 2. The summed E-state index contributed by atoms with van der Waals surface area (Å²) in [5.41, 5.74) is -1.30. The first-order chi connectivity index (χ1) is 21.1. The standard InChI is InChI=1S/C22H26N2O16S2.C2H4O2/c1-39-10-5-12(19(27)14(7-10)41(33,34)35)17(21(29)30)23-3-4-24(9-16(25)26)18(22(31)32)13-6-11(40-2)8-15(20(13)28)42(36,37)38;1-2(3)4/h5-8,17-18,23,27-28H,3-4,9H2,1-2H3,(H,25,26)(H,29,30)(H,31,32)(H,33,34,35)(H,36,37,38);1H3,(H,3,4). The Kier molecular flexibility index (Phi) is 13.7. The van der Waals surface area contributed by atoms with Crippen LogP contribution in [0.5, 0.6) is 23.0 Å². The summed E-state index contributed by atoms with van der Waals surface area (Å²) < 4.78 is 75.5. The highest BCUT2D eigenvalue weighted by atomic mass is 32.2. The van der Waals surface area contributed by atoms with Gasteiger partial charge in [0.2, 0.25) is 0 Å². The van der Waals surface area contributed by atoms with Crippen molar-refractivity contribution >= 4 is 44.1 Å². The fraction of sp³-hybridized carbons (Fsp3) is 0.333. The largest absolute Gasteiger partial charge is 0.506 e. The Morgan fingerprint density at radius 2 is 1.20 bits per heavy atom. The number of carboxylic acid groups (broad SMARTS) is 4. The summed E-state index contributed by atoms with van der Waals surface area (Å²) in [7, 11) is -8.02. The Labute approximate surface area is 260 Å². The number of carbonyl (C=O) groups is 4. The molecule has 0 saturated heterocycles. The maximum absolute atomic E-state index is 12.3. The lowest BCUT2D eigenvalue weighted by atomic mass is 10.0. The van der Waals surface area contributed by atoms with E-state index in [0.717, 1.165) is 39.3 Å². The van der Waals surface area contributed by atoms with Gasteiger partial charge in [0, 0.05) is 43.3 Å². The molecule has 22 heteroatoms. The normalized spacial score (nSPS) is 12.7. The van der Waals surface area contributed by atoms with Gasteiger partial charge >= 0.3 is 17.9 Å². The molecule has 2 aromatic rings. The van der Waals surface area contributed by atoms with Crippen LogP contribution in [0.3, 0.4) is 0 Å². The van der Waals surface area contributed by atoms with Crippen LogP contribution < -0.4 is 14.8 Å². The number of aromatic hydroxyl groups is 2. The van der Waals surface area contributed by atoms with Crippen molar-refractivity contribution < 1.29 is 85.2 Å². The molecule has 46 heavy (non-hydrogen) atoms. The highest BCUT2D eigenvalue weighted by Crippen LogP contribution is 2.38. The molecule has 0 fully saturated rings. The smallest absolute Gasteiger partial charge is 0.325 e. The number of methoxy groups -OCH3 is 2. The molecule has 20 nitrogen and oxygen atoms in total. The van der Waals surface area contributed by atoms with E-state index >= 15 is 0 Å². The SMILES string of the molecule is CC(=O)O.COc1cc(C(NCCN(CC(=O)O)C(C(=O)O)c2cc(OC)cc(S(=O)(=O)O)c2O)C(=O)O)c(O)c(S(=O)(=O)O)c1. The van der Waals surface area contributed by atoms with Crippen LogP contribution in [-0.2, 0) is 39.4 Å². The molecule has 2 atom stereocenters. The zero-order chi connectivity index (χ0) is 35.7. The molecule has 0 bridgehead atoms. The van der Waals surface area contributed by atoms with Gasteiger partial charge in [0.25, 0.3) is 26.2 Å². The summed E-state index contributed by atoms with van der Waals surface area (Å²) in [4.78, 5) is 43.3. The minimum absolute atomic E-state index is 0.273. The summed E-state index contributed by atoms with van der Waals surface area (Å²) in [6, 6.07) is -0.785. The maximum atomic E-state index is 12.3. The lowest BCUT2D eigenvalue weighted by Gasteiger charge is -2.29. The third kappa shape index (κ3) is 10.7. The van der Waals surface area contributed by atoms with Crippen molar-refractivity contribution in [3.63, 3.8) is 0 Å². The van der Waals surface area contributed by atoms with E-state index < -0.39 is 108 Å². The van der Waals surface area contributed by atoms with Crippen molar-refractivity contribution in [2.45, 2.75) is 28.8 Å². The molecule has 0 spiro atoms. The second-order valence-corrected chi connectivity index (χ2v) is 11.7. The van der Waals surface area contributed by atoms with Crippen molar-refractivity contribution in [2.75, 3.05) is 33.9 Å². The molecule has 2 rings (SSSR count). The predicted molar refractivity (Wildman–Crippen MR) is 150 cm³/mol. The topological polar surface area (TPSA) is 332 Å². The first kappa shape index (κ1) is 39.3. The second kappa shape index (κ2) is 16.0. The highest BCUT2D eigenvalue weighted by molar-refractivity contribution is 7.86. The van der Waals surface area contributed by atoms with E-state index in [1.807, 2.05) is 0 Å². The van der Waals surface area contributed by atoms with Gasteiger partial charge in [-0.15, -0.1) is 0 Å². The zero-order valence-corrected chi connectivity index (χ0v) is 25.6. The van der Waals surface area contributed by atoms with Crippen molar-refractivity contribution in [3.8, 4) is 23.0 Å². The van der Waals surface area contributed by atoms with Crippen LogP contribution in [0.15, 0.2) is 34.1 Å². The Bertz CT molecular complexity index is 1690. The fourth-order valence-electron chi connectivity index (χ4n) is 3.91. The molecule has 0 aliphatic carbocycles. The van der Waals surface area contributed by atoms with E-state index in [2.05, 4.69) is 5.32 Å². The zero-order valence-electron chi connectivity index (χ0n) is 24.0. The van der Waals surface area contributed by atoms with Gasteiger partial charge in [-0.05, 0) is 12.1 Å². The molecular formula is C24H30N2O18S2. The van der Waals surface area contributed by atoms with Crippen LogP contribution in [0.1, 0.15) is 30.1 Å². The van der Waals surface area contributed by atoms with E-state index in [1.165, 1.54) is 0 Å². The summed E-state index contributed by atoms with van der Waals surface area (Å²) in [5.74, 6) is -8.88. The summed E-state index contributed by atoms with van der Waals surface area (Å²) in [5, 5.41) is 59.8. The molecule has 9 N–H and O–H groups in total. The van der Waals surface area contributed by atoms with Crippen LogP contribution in [0.2, 0.25) is 0 Å². The van der Waals surface area contributed by atoms with Gasteiger partial charge in [0.15, 0.2) is 0 Å². The van der Waals surface area contributed by atoms with E-state index in [-0.39, 0.29) is 11.5 Å². The molecule has 0 aliphatic rings. The average Bonchev–Trinajstić information content (AvgIpc) is 2.90. The Morgan fingerprint density at radius 3 is 1.54 bits per heavy atom. The Balaban J connectivity index is 0.00000249. The molecule has 0 amide bonds. The van der Waals surface area contributed by atoms with Crippen molar-refractivity contribution in [2.24, 2.45) is 0 Å². The number of nitrogens with one attached hydrogen (secondary N) is 1. The van der Waals surface area contributed by atoms with E-state index in [1.54, 1.807) is 0 Å². The quantitative estimate of drug-likeness (QED) is 0.107. The van der Waals surface area contributed by atoms with Gasteiger partial charge in [0.05, 0.1) is 20.8 Å². The first-order valence-electron chi connectivity index (χ1n) is 12.2. The fourth-order valence-corrected chi connectivity index (χ4v) is 5.16. The van der Waals surface area contributed by atoms with Crippen molar-refractivity contribution in [1.82, 2.24) is 10.2 Å². The predicted octanol–water partition coefficient (Wildman–Crippen LogP) is -0.373. The van der Waals surface area contributed by atoms with Crippen LogP contribution in [-0.4, -0.2) is 119 Å². The number of phenolic OH excluding ortho intramolecular Hbond substituents is 2. The van der Waals surface area contributed by atoms with Gasteiger partial charge in [-0.25, -0.2) is 0 Å². The molecular weight excluding hydrogens is 668 g/mol. The second-order valence-electron chi connectivity index (χ2n) is 8.93. The van der Waals surface area contributed by atoms with Crippen molar-refractivity contribution in [1.29, 1.82) is 0 Å². The Morgan fingerprint density at radius 1 is 0.783 bits per heavy atom. The van der Waals surface area contributed by atoms with Gasteiger partial charge < -0.3 is 40.1 Å². The van der Waals surface area contributed by atoms with Crippen LogP contribution in [0, 0.1) is 0 Å². The van der Waals surface area contributed by atoms with Crippen LogP contribution in [0.25, 0.3) is 0 Å². The third-order valence-electron chi connectivity index (χ3n) is 5.72. The molecule has 0 heterocycles. The number of hydrogen-bond acceptors (Lipinski definition) is 14. The number of nitrogens with zero attached hydrogens (tertiary/aromatic N) is 1. The summed E-state index contributed by atoms with van der Waals surface area (Å²) >= 11 is 0. The highest BCUT2D eigenvalue weighted by Gasteiger charge is 2.35. The summed E-state index contributed by atoms with van der Waals surface area (Å²) in [6.45, 7) is -1.16. The molecule has 2 unspecified atom stereocenters. The molecule has 2 aromatic carbocycles. The molecule has 0 saturated carbocycles. The van der Waals surface area contributed by atoms with E-state index in [4.69, 9.17) is 19.4 Å². The lowest BCUT2D eigenvalue weighted by Crippen LogP contribution is -2.43. The van der Waals surface area contributed by atoms with E-state index in [0.29, 0.717) is 11.0 Å². The van der Waals surface area contributed by atoms with Gasteiger partial charge in [0.1, 0.15) is 44.9 Å². The van der Waals surface area contributed by atoms with E-state index in [9.17, 15) is 65.9 Å². The number of hydrogen-bond donors (Lipinski definition) is 9. The van der Waals surface area contributed by atoms with Crippen molar-refractivity contribution in [3.05, 3.63) is 35.4 Å². The maximum Gasteiger partial charge on any atom is 0.325 e. The number of aliphatic carboxylic acids is 4. The number of rotatable bonds is 15. The summed E-state index contributed by atoms with van der Waals surface area (Å²) in [6.07, 6.45) is 0. The average molecular weight is 699 g/mol. The third-order valence-corrected chi connectivity index (χ3v) is 7.45. The van der Waals surface area contributed by atoms with Gasteiger partial charge in [-0.3, -0.25) is 38.5 Å². The molecule has 256 valence electrons. The molecule has 0 aromatic heterocycles. The Hall–Kier alpha value is -4.74. The van der Waals surface area contributed by atoms with Gasteiger partial charge in [-0.1, -0.05) is 0 Å². The van der Waals surface area contributed by atoms with Crippen LogP contribution in [0.4, 0.5) is 0 Å². The number of benzene rings is 2.